The van der Waals surface area contributed by atoms with Crippen molar-refractivity contribution < 1.29 is 9.13 Å². The summed E-state index contributed by atoms with van der Waals surface area (Å²) < 4.78 is 18.6. The van der Waals surface area contributed by atoms with Crippen LogP contribution in [0.25, 0.3) is 5.83 Å². The third kappa shape index (κ3) is 2.01. The van der Waals surface area contributed by atoms with Crippen molar-refractivity contribution in [2.45, 2.75) is 0 Å². The summed E-state index contributed by atoms with van der Waals surface area (Å²) in [5.41, 5.74) is 0.727. The van der Waals surface area contributed by atoms with Gasteiger partial charge in [-0.1, -0.05) is 6.58 Å². The molecule has 0 fully saturated rings. The highest BCUT2D eigenvalue weighted by Gasteiger charge is 2.09. The Hall–Kier alpha value is -1.16. The van der Waals surface area contributed by atoms with Crippen LogP contribution in [0.4, 0.5) is 10.1 Å². The summed E-state index contributed by atoms with van der Waals surface area (Å²) in [6.45, 7) is 6.56. The van der Waals surface area contributed by atoms with Gasteiger partial charge in [0, 0.05) is 11.6 Å². The normalized spacial score (nSPS) is 9.64. The highest BCUT2D eigenvalue weighted by molar-refractivity contribution is 9.10. The van der Waals surface area contributed by atoms with Crippen LogP contribution in [0.5, 0.6) is 5.75 Å². The van der Waals surface area contributed by atoms with E-state index in [0.717, 1.165) is 0 Å². The lowest BCUT2D eigenvalue weighted by molar-refractivity contribution is 0.412. The Kier molecular flexibility index (Phi) is 3.41. The molecule has 0 N–H and O–H groups in total. The third-order valence-corrected chi connectivity index (χ3v) is 2.35. The van der Waals surface area contributed by atoms with Crippen LogP contribution in [0.15, 0.2) is 28.2 Å². The molecule has 0 aromatic heterocycles. The summed E-state index contributed by atoms with van der Waals surface area (Å²) >= 11 is 3.24. The van der Waals surface area contributed by atoms with Crippen molar-refractivity contribution in [1.82, 2.24) is 0 Å². The van der Waals surface area contributed by atoms with Crippen molar-refractivity contribution in [3.05, 3.63) is 28.7 Å². The van der Waals surface area contributed by atoms with Crippen molar-refractivity contribution in [1.29, 1.82) is 0 Å². The first-order valence-corrected chi connectivity index (χ1v) is 4.58. The monoisotopic (exact) mass is 257 g/mol. The van der Waals surface area contributed by atoms with E-state index in [1.807, 2.05) is 0 Å². The second-order valence-corrected chi connectivity index (χ2v) is 3.42. The van der Waals surface area contributed by atoms with Crippen LogP contribution >= 0.6 is 15.9 Å². The number of hydrogen-bond acceptors (Lipinski definition) is 2. The van der Waals surface area contributed by atoms with Crippen molar-refractivity contribution in [3.8, 4) is 5.75 Å². The molecule has 0 saturated carbocycles. The minimum absolute atomic E-state index is 0.313. The van der Waals surface area contributed by atoms with E-state index in [0.29, 0.717) is 21.5 Å². The third-order valence-electron chi connectivity index (χ3n) is 1.73. The van der Waals surface area contributed by atoms with Crippen LogP contribution in [-0.2, 0) is 0 Å². The van der Waals surface area contributed by atoms with Gasteiger partial charge in [-0.15, -0.1) is 0 Å². The average Bonchev–Trinajstić information content (AvgIpc) is 2.17. The lowest BCUT2D eigenvalue weighted by Crippen LogP contribution is -1.87. The molecule has 0 aliphatic rings. The molecule has 14 heavy (non-hydrogen) atoms. The van der Waals surface area contributed by atoms with Gasteiger partial charge in [-0.3, -0.25) is 4.99 Å². The van der Waals surface area contributed by atoms with E-state index >= 15 is 0 Å². The maximum absolute atomic E-state index is 13.0. The predicted octanol–water partition coefficient (Wildman–Crippen LogP) is 3.73. The van der Waals surface area contributed by atoms with Gasteiger partial charge in [0.05, 0.1) is 17.3 Å². The molecule has 0 radical (unpaired) electrons. The Balaban J connectivity index is 3.38. The number of aliphatic imine (C=N–C) groups is 1. The summed E-state index contributed by atoms with van der Waals surface area (Å²) in [6, 6.07) is 3.16. The first-order chi connectivity index (χ1) is 6.60. The van der Waals surface area contributed by atoms with Crippen LogP contribution < -0.4 is 4.74 Å². The van der Waals surface area contributed by atoms with E-state index < -0.39 is 5.83 Å². The number of nitrogens with zero attached hydrogens (tertiary/aromatic N) is 1. The van der Waals surface area contributed by atoms with Crippen molar-refractivity contribution >= 4 is 34.2 Å². The SMILES string of the molecule is C=Nc1cc(OC)c(Br)cc1C(=C)F. The van der Waals surface area contributed by atoms with E-state index in [4.69, 9.17) is 4.74 Å². The highest BCUT2D eigenvalue weighted by Crippen LogP contribution is 2.36. The molecule has 0 bridgehead atoms. The Morgan fingerprint density at radius 2 is 2.21 bits per heavy atom. The zero-order valence-electron chi connectivity index (χ0n) is 7.68. The first kappa shape index (κ1) is 10.9. The van der Waals surface area contributed by atoms with Gasteiger partial charge in [0.15, 0.2) is 0 Å². The first-order valence-electron chi connectivity index (χ1n) is 3.79. The second kappa shape index (κ2) is 4.37. The zero-order valence-corrected chi connectivity index (χ0v) is 9.27. The Labute approximate surface area is 90.2 Å². The summed E-state index contributed by atoms with van der Waals surface area (Å²) in [5, 5.41) is 0. The molecule has 0 amide bonds. The van der Waals surface area contributed by atoms with E-state index in [9.17, 15) is 4.39 Å². The maximum atomic E-state index is 13.0. The molecule has 0 spiro atoms. The number of ether oxygens (including phenoxy) is 1. The topological polar surface area (TPSA) is 21.6 Å². The van der Waals surface area contributed by atoms with Crippen LogP contribution in [-0.4, -0.2) is 13.8 Å². The molecule has 1 rings (SSSR count). The summed E-state index contributed by atoms with van der Waals surface area (Å²) in [6.07, 6.45) is 0. The largest absolute Gasteiger partial charge is 0.495 e. The highest BCUT2D eigenvalue weighted by atomic mass is 79.9. The predicted molar refractivity (Wildman–Crippen MR) is 60.0 cm³/mol. The Morgan fingerprint density at radius 1 is 1.57 bits per heavy atom. The van der Waals surface area contributed by atoms with E-state index in [2.05, 4.69) is 34.2 Å². The van der Waals surface area contributed by atoms with Crippen LogP contribution in [0.2, 0.25) is 0 Å². The van der Waals surface area contributed by atoms with Gasteiger partial charge >= 0.3 is 0 Å². The summed E-state index contributed by atoms with van der Waals surface area (Å²) in [7, 11) is 1.52. The molecule has 0 heterocycles. The van der Waals surface area contributed by atoms with Gasteiger partial charge in [0.1, 0.15) is 11.6 Å². The summed E-state index contributed by atoms with van der Waals surface area (Å²) in [5.74, 6) is 0.0353. The molecule has 0 unspecified atom stereocenters. The molecule has 0 atom stereocenters. The van der Waals surface area contributed by atoms with Crippen LogP contribution in [0.1, 0.15) is 5.56 Å². The molecule has 1 aromatic carbocycles. The zero-order chi connectivity index (χ0) is 10.7. The van der Waals surface area contributed by atoms with E-state index in [1.165, 1.54) is 7.11 Å². The molecular weight excluding hydrogens is 249 g/mol. The van der Waals surface area contributed by atoms with E-state index in [1.54, 1.807) is 12.1 Å². The quantitative estimate of drug-likeness (QED) is 0.757. The molecule has 0 saturated heterocycles. The van der Waals surface area contributed by atoms with Gasteiger partial charge in [-0.25, -0.2) is 4.39 Å². The van der Waals surface area contributed by atoms with Crippen molar-refractivity contribution in [2.75, 3.05) is 7.11 Å². The smallest absolute Gasteiger partial charge is 0.135 e. The summed E-state index contributed by atoms with van der Waals surface area (Å²) in [4.78, 5) is 3.69. The molecule has 0 aliphatic carbocycles. The second-order valence-electron chi connectivity index (χ2n) is 2.57. The Morgan fingerprint density at radius 3 is 2.64 bits per heavy atom. The standard InChI is InChI=1S/C10H9BrFNO/c1-6(12)7-4-8(11)10(14-3)5-9(7)13-2/h4-5H,1-2H2,3H3. The molecule has 74 valence electrons. The van der Waals surface area contributed by atoms with Gasteiger partial charge in [-0.2, -0.15) is 0 Å². The average molecular weight is 258 g/mol. The lowest BCUT2D eigenvalue weighted by Gasteiger charge is -2.07. The van der Waals surface area contributed by atoms with Gasteiger partial charge in [-0.05, 0) is 28.7 Å². The maximum Gasteiger partial charge on any atom is 0.135 e. The van der Waals surface area contributed by atoms with Crippen LogP contribution in [0.3, 0.4) is 0 Å². The molecule has 2 nitrogen and oxygen atoms in total. The van der Waals surface area contributed by atoms with Gasteiger partial charge < -0.3 is 4.74 Å². The molecular formula is C10H9BrFNO. The molecule has 0 aliphatic heterocycles. The van der Waals surface area contributed by atoms with Gasteiger partial charge in [0.25, 0.3) is 0 Å². The number of methoxy groups -OCH3 is 1. The van der Waals surface area contributed by atoms with Crippen LogP contribution in [0, 0.1) is 0 Å². The minimum atomic E-state index is -0.546. The fraction of sp³-hybridized carbons (Fsp3) is 0.100. The lowest BCUT2D eigenvalue weighted by atomic mass is 10.1. The minimum Gasteiger partial charge on any atom is -0.495 e. The number of rotatable bonds is 3. The van der Waals surface area contributed by atoms with E-state index in [-0.39, 0.29) is 0 Å². The van der Waals surface area contributed by atoms with Gasteiger partial charge in [0.2, 0.25) is 0 Å². The number of halogens is 2. The number of benzene rings is 1. The molecule has 4 heteroatoms. The number of hydrogen-bond donors (Lipinski definition) is 0. The fourth-order valence-electron chi connectivity index (χ4n) is 1.05. The molecule has 1 aromatic rings. The Bertz CT molecular complexity index is 390. The fourth-order valence-corrected chi connectivity index (χ4v) is 1.55. The van der Waals surface area contributed by atoms with Crippen molar-refractivity contribution in [3.63, 3.8) is 0 Å². The van der Waals surface area contributed by atoms with Crippen molar-refractivity contribution in [2.24, 2.45) is 4.99 Å².